The Hall–Kier alpha value is -1.82. The minimum absolute atomic E-state index is 0.128. The van der Waals surface area contributed by atoms with E-state index < -0.39 is 0 Å². The summed E-state index contributed by atoms with van der Waals surface area (Å²) >= 11 is 6.08. The van der Waals surface area contributed by atoms with Crippen molar-refractivity contribution in [1.29, 1.82) is 0 Å². The Morgan fingerprint density at radius 3 is 2.85 bits per heavy atom. The van der Waals surface area contributed by atoms with E-state index in [4.69, 9.17) is 16.0 Å². The summed E-state index contributed by atoms with van der Waals surface area (Å²) in [4.78, 5) is 16.1. The summed E-state index contributed by atoms with van der Waals surface area (Å²) in [7, 11) is 0. The summed E-state index contributed by atoms with van der Waals surface area (Å²) in [5.41, 5.74) is 0.182. The van der Waals surface area contributed by atoms with Gasteiger partial charge in [-0.1, -0.05) is 18.5 Å². The average Bonchev–Trinajstić information content (AvgIpc) is 2.85. The Balaban J connectivity index is 2.22. The minimum atomic E-state index is -0.297. The molecule has 2 aromatic rings. The first kappa shape index (κ1) is 14.6. The molecule has 0 amide bonds. The highest BCUT2D eigenvalue weighted by molar-refractivity contribution is 6.32. The standard InChI is InChI=1S/C13H17ClN4O2/c1-4-5-18-13(19)11(14)10(7-16-18)17-9(3)12-15-6-8(2)20-12/h6-7,9,17H,4-5H2,1-3H3. The normalized spacial score (nSPS) is 12.4. The lowest BCUT2D eigenvalue weighted by molar-refractivity contribution is 0.453. The largest absolute Gasteiger partial charge is 0.444 e. The van der Waals surface area contributed by atoms with Gasteiger partial charge in [-0.2, -0.15) is 5.10 Å². The molecule has 0 saturated heterocycles. The zero-order valence-corrected chi connectivity index (χ0v) is 12.4. The molecule has 0 aromatic carbocycles. The summed E-state index contributed by atoms with van der Waals surface area (Å²) in [5, 5.41) is 7.30. The molecule has 7 heteroatoms. The van der Waals surface area contributed by atoms with Crippen LogP contribution in [0.5, 0.6) is 0 Å². The van der Waals surface area contributed by atoms with Crippen molar-refractivity contribution >= 4 is 17.3 Å². The van der Waals surface area contributed by atoms with Crippen LogP contribution in [-0.2, 0) is 6.54 Å². The molecule has 0 bridgehead atoms. The summed E-state index contributed by atoms with van der Waals surface area (Å²) in [6.45, 7) is 6.22. The summed E-state index contributed by atoms with van der Waals surface area (Å²) in [6, 6.07) is -0.204. The van der Waals surface area contributed by atoms with Crippen LogP contribution in [0.2, 0.25) is 5.02 Å². The third-order valence-electron chi connectivity index (χ3n) is 2.80. The molecule has 108 valence electrons. The van der Waals surface area contributed by atoms with E-state index in [1.165, 1.54) is 4.68 Å². The Kier molecular flexibility index (Phi) is 4.44. The van der Waals surface area contributed by atoms with Gasteiger partial charge >= 0.3 is 0 Å². The molecule has 0 aliphatic rings. The van der Waals surface area contributed by atoms with Crippen LogP contribution in [0.3, 0.4) is 0 Å². The quantitative estimate of drug-likeness (QED) is 0.918. The van der Waals surface area contributed by atoms with E-state index >= 15 is 0 Å². The van der Waals surface area contributed by atoms with Gasteiger partial charge in [-0.25, -0.2) is 9.67 Å². The minimum Gasteiger partial charge on any atom is -0.444 e. The first-order valence-corrected chi connectivity index (χ1v) is 6.85. The van der Waals surface area contributed by atoms with Crippen LogP contribution in [-0.4, -0.2) is 14.8 Å². The molecular weight excluding hydrogens is 280 g/mol. The Bertz CT molecular complexity index is 650. The molecule has 1 N–H and O–H groups in total. The molecule has 2 rings (SSSR count). The molecule has 6 nitrogen and oxygen atoms in total. The molecular formula is C13H17ClN4O2. The highest BCUT2D eigenvalue weighted by Gasteiger charge is 2.15. The Morgan fingerprint density at radius 2 is 2.25 bits per heavy atom. The second-order valence-electron chi connectivity index (χ2n) is 4.58. The van der Waals surface area contributed by atoms with Crippen LogP contribution in [0.4, 0.5) is 5.69 Å². The predicted molar refractivity (Wildman–Crippen MR) is 77.1 cm³/mol. The van der Waals surface area contributed by atoms with Crippen LogP contribution in [0.1, 0.15) is 38.0 Å². The number of nitrogens with zero attached hydrogens (tertiary/aromatic N) is 3. The monoisotopic (exact) mass is 296 g/mol. The number of nitrogens with one attached hydrogen (secondary N) is 1. The van der Waals surface area contributed by atoms with E-state index in [9.17, 15) is 4.79 Å². The molecule has 0 aliphatic heterocycles. The number of rotatable bonds is 5. The molecule has 0 spiro atoms. The van der Waals surface area contributed by atoms with E-state index in [1.807, 2.05) is 20.8 Å². The first-order valence-electron chi connectivity index (χ1n) is 6.47. The summed E-state index contributed by atoms with van der Waals surface area (Å²) < 4.78 is 6.78. The second kappa shape index (κ2) is 6.09. The Morgan fingerprint density at radius 1 is 1.50 bits per heavy atom. The maximum Gasteiger partial charge on any atom is 0.287 e. The smallest absolute Gasteiger partial charge is 0.287 e. The Labute approximate surface area is 121 Å². The second-order valence-corrected chi connectivity index (χ2v) is 4.95. The highest BCUT2D eigenvalue weighted by atomic mass is 35.5. The molecule has 2 heterocycles. The van der Waals surface area contributed by atoms with Gasteiger partial charge in [-0.3, -0.25) is 4.79 Å². The number of oxazole rings is 1. The van der Waals surface area contributed by atoms with Crippen LogP contribution in [0.25, 0.3) is 0 Å². The first-order chi connectivity index (χ1) is 9.52. The number of hydrogen-bond donors (Lipinski definition) is 1. The maximum atomic E-state index is 12.0. The van der Waals surface area contributed by atoms with Gasteiger partial charge in [0.25, 0.3) is 5.56 Å². The summed E-state index contributed by atoms with van der Waals surface area (Å²) in [6.07, 6.45) is 4.01. The van der Waals surface area contributed by atoms with Crippen LogP contribution < -0.4 is 10.9 Å². The summed E-state index contributed by atoms with van der Waals surface area (Å²) in [5.74, 6) is 1.27. The number of halogens is 1. The van der Waals surface area contributed by atoms with Gasteiger partial charge in [-0.15, -0.1) is 0 Å². The van der Waals surface area contributed by atoms with Gasteiger partial charge in [0.15, 0.2) is 0 Å². The molecule has 0 radical (unpaired) electrons. The van der Waals surface area contributed by atoms with Crippen LogP contribution in [0.15, 0.2) is 21.6 Å². The molecule has 0 aliphatic carbocycles. The van der Waals surface area contributed by atoms with Crippen LogP contribution >= 0.6 is 11.6 Å². The lowest BCUT2D eigenvalue weighted by Gasteiger charge is -2.13. The van der Waals surface area contributed by atoms with E-state index in [0.717, 1.165) is 12.2 Å². The van der Waals surface area contributed by atoms with Crippen molar-refractivity contribution in [3.63, 3.8) is 0 Å². The van der Waals surface area contributed by atoms with Crippen molar-refractivity contribution in [3.8, 4) is 0 Å². The lowest BCUT2D eigenvalue weighted by atomic mass is 10.3. The van der Waals surface area contributed by atoms with Crippen molar-refractivity contribution in [2.45, 2.75) is 39.8 Å². The topological polar surface area (TPSA) is 73.0 Å². The molecule has 20 heavy (non-hydrogen) atoms. The highest BCUT2D eigenvalue weighted by Crippen LogP contribution is 2.22. The molecule has 1 unspecified atom stereocenters. The third-order valence-corrected chi connectivity index (χ3v) is 3.17. The van der Waals surface area contributed by atoms with Gasteiger partial charge in [-0.05, 0) is 20.3 Å². The fraction of sp³-hybridized carbons (Fsp3) is 0.462. The number of aromatic nitrogens is 3. The third kappa shape index (κ3) is 3.01. The van der Waals surface area contributed by atoms with Crippen LogP contribution in [0, 0.1) is 6.92 Å². The number of aryl methyl sites for hydroxylation is 2. The zero-order chi connectivity index (χ0) is 14.7. The van der Waals surface area contributed by atoms with E-state index in [2.05, 4.69) is 15.4 Å². The van der Waals surface area contributed by atoms with Crippen molar-refractivity contribution in [3.05, 3.63) is 39.4 Å². The molecule has 0 saturated carbocycles. The fourth-order valence-corrected chi connectivity index (χ4v) is 2.01. The maximum absolute atomic E-state index is 12.0. The van der Waals surface area contributed by atoms with Crippen molar-refractivity contribution < 1.29 is 4.42 Å². The van der Waals surface area contributed by atoms with E-state index in [1.54, 1.807) is 12.4 Å². The van der Waals surface area contributed by atoms with Crippen molar-refractivity contribution in [2.75, 3.05) is 5.32 Å². The van der Waals surface area contributed by atoms with E-state index in [0.29, 0.717) is 18.1 Å². The number of hydrogen-bond acceptors (Lipinski definition) is 5. The number of anilines is 1. The van der Waals surface area contributed by atoms with Gasteiger partial charge in [0.05, 0.1) is 18.1 Å². The zero-order valence-electron chi connectivity index (χ0n) is 11.7. The van der Waals surface area contributed by atoms with Gasteiger partial charge in [0, 0.05) is 6.54 Å². The van der Waals surface area contributed by atoms with Gasteiger partial charge < -0.3 is 9.73 Å². The lowest BCUT2D eigenvalue weighted by Crippen LogP contribution is -2.24. The fourth-order valence-electron chi connectivity index (χ4n) is 1.80. The molecule has 0 fully saturated rings. The average molecular weight is 297 g/mol. The van der Waals surface area contributed by atoms with Gasteiger partial charge in [0.2, 0.25) is 5.89 Å². The molecule has 2 aromatic heterocycles. The SMILES string of the molecule is CCCn1ncc(NC(C)c2ncc(C)o2)c(Cl)c1=O. The predicted octanol–water partition coefficient (Wildman–Crippen LogP) is 2.78. The molecule has 1 atom stereocenters. The van der Waals surface area contributed by atoms with E-state index in [-0.39, 0.29) is 16.6 Å². The van der Waals surface area contributed by atoms with Gasteiger partial charge in [0.1, 0.15) is 16.8 Å². The van der Waals surface area contributed by atoms with Crippen molar-refractivity contribution in [2.24, 2.45) is 0 Å². The van der Waals surface area contributed by atoms with Crippen molar-refractivity contribution in [1.82, 2.24) is 14.8 Å².